The smallest absolute Gasteiger partial charge is 0.261 e. The predicted octanol–water partition coefficient (Wildman–Crippen LogP) is 4.43. The number of hydrogen-bond acceptors (Lipinski definition) is 3. The molecule has 0 aliphatic rings. The van der Waals surface area contributed by atoms with Gasteiger partial charge in [-0.1, -0.05) is 23.2 Å². The molecule has 108 valence electrons. The summed E-state index contributed by atoms with van der Waals surface area (Å²) in [6.45, 7) is 0. The average Bonchev–Trinajstić information content (AvgIpc) is 2.41. The minimum absolute atomic E-state index is 0.0163. The molecule has 0 bridgehead atoms. The van der Waals surface area contributed by atoms with E-state index < -0.39 is 10.0 Å². The van der Waals surface area contributed by atoms with E-state index in [9.17, 15) is 8.42 Å². The van der Waals surface area contributed by atoms with Gasteiger partial charge in [0.25, 0.3) is 10.0 Å². The first kappa shape index (κ1) is 16.1. The maximum Gasteiger partial charge on any atom is 0.261 e. The number of hydrogen-bond donors (Lipinski definition) is 1. The zero-order valence-corrected chi connectivity index (χ0v) is 14.2. The van der Waals surface area contributed by atoms with Gasteiger partial charge in [0.15, 0.2) is 0 Å². The third-order valence-electron chi connectivity index (χ3n) is 2.55. The molecule has 1 N–H and O–H groups in total. The molecule has 0 aliphatic heterocycles. The van der Waals surface area contributed by atoms with E-state index >= 15 is 0 Å². The molecule has 0 fully saturated rings. The second-order valence-corrected chi connectivity index (χ2v) is 7.36. The predicted molar refractivity (Wildman–Crippen MR) is 86.1 cm³/mol. The van der Waals surface area contributed by atoms with Crippen LogP contribution in [0, 0.1) is 11.3 Å². The van der Waals surface area contributed by atoms with Gasteiger partial charge in [0.1, 0.15) is 6.07 Å². The second kappa shape index (κ2) is 6.24. The molecule has 2 aromatic carbocycles. The molecule has 0 aromatic heterocycles. The van der Waals surface area contributed by atoms with Crippen LogP contribution >= 0.6 is 39.1 Å². The maximum absolute atomic E-state index is 12.3. The lowest BCUT2D eigenvalue weighted by molar-refractivity contribution is 0.601. The lowest BCUT2D eigenvalue weighted by Gasteiger charge is -2.10. The topological polar surface area (TPSA) is 70.0 Å². The zero-order valence-electron chi connectivity index (χ0n) is 10.3. The van der Waals surface area contributed by atoms with Gasteiger partial charge in [-0.25, -0.2) is 8.42 Å². The molecule has 0 atom stereocenters. The minimum Gasteiger partial charge on any atom is -0.278 e. The molecule has 21 heavy (non-hydrogen) atoms. The number of nitrogens with zero attached hydrogens (tertiary/aromatic N) is 1. The Hall–Kier alpha value is -1.26. The number of anilines is 1. The highest BCUT2D eigenvalue weighted by Gasteiger charge is 2.17. The Balaban J connectivity index is 2.45. The number of nitriles is 1. The molecule has 8 heteroatoms. The van der Waals surface area contributed by atoms with Crippen molar-refractivity contribution in [2.75, 3.05) is 4.72 Å². The number of sulfonamides is 1. The van der Waals surface area contributed by atoms with Crippen molar-refractivity contribution in [3.63, 3.8) is 0 Å². The highest BCUT2D eigenvalue weighted by atomic mass is 79.9. The fourth-order valence-electron chi connectivity index (χ4n) is 1.55. The molecule has 0 saturated carbocycles. The molecule has 4 nitrogen and oxygen atoms in total. The number of rotatable bonds is 3. The monoisotopic (exact) mass is 404 g/mol. The fraction of sp³-hybridized carbons (Fsp3) is 0. The molecule has 0 saturated heterocycles. The molecule has 0 spiro atoms. The van der Waals surface area contributed by atoms with Crippen molar-refractivity contribution in [1.82, 2.24) is 0 Å². The van der Waals surface area contributed by atoms with Crippen LogP contribution in [0.2, 0.25) is 10.0 Å². The van der Waals surface area contributed by atoms with Crippen LogP contribution in [-0.4, -0.2) is 8.42 Å². The Morgan fingerprint density at radius 3 is 2.48 bits per heavy atom. The fourth-order valence-corrected chi connectivity index (χ4v) is 3.46. The largest absolute Gasteiger partial charge is 0.278 e. The molecule has 0 heterocycles. The summed E-state index contributed by atoms with van der Waals surface area (Å²) in [5.41, 5.74) is 0.298. The molecule has 0 amide bonds. The van der Waals surface area contributed by atoms with E-state index in [0.717, 1.165) is 0 Å². The molecule has 0 radical (unpaired) electrons. The lowest BCUT2D eigenvalue weighted by Crippen LogP contribution is -2.14. The maximum atomic E-state index is 12.3. The van der Waals surface area contributed by atoms with Crippen molar-refractivity contribution in [3.05, 3.63) is 56.5 Å². The standard InChI is InChI=1S/C13H7BrCl2N2O2S/c14-11-6-10(3-4-12(11)16)21(19,20)18-13-5-9(15)2-1-8(13)7-17/h1-6,18H. The lowest BCUT2D eigenvalue weighted by atomic mass is 10.2. The Kier molecular flexibility index (Phi) is 4.79. The first-order chi connectivity index (χ1) is 9.83. The van der Waals surface area contributed by atoms with Crippen LogP contribution < -0.4 is 4.72 Å². The summed E-state index contributed by atoms with van der Waals surface area (Å²) < 4.78 is 27.4. The number of nitrogens with one attached hydrogen (secondary N) is 1. The van der Waals surface area contributed by atoms with Gasteiger partial charge in [0, 0.05) is 9.50 Å². The SMILES string of the molecule is N#Cc1ccc(Cl)cc1NS(=O)(=O)c1ccc(Cl)c(Br)c1. The normalized spacial score (nSPS) is 11.0. The van der Waals surface area contributed by atoms with E-state index in [4.69, 9.17) is 28.5 Å². The summed E-state index contributed by atoms with van der Waals surface area (Å²) in [6, 6.07) is 10.4. The molecule has 2 aromatic rings. The Labute approximate surface area is 140 Å². The second-order valence-electron chi connectivity index (χ2n) is 3.98. The Bertz CT molecular complexity index is 848. The van der Waals surface area contributed by atoms with Gasteiger partial charge < -0.3 is 0 Å². The first-order valence-electron chi connectivity index (χ1n) is 5.51. The van der Waals surface area contributed by atoms with Crippen molar-refractivity contribution in [3.8, 4) is 6.07 Å². The molecular formula is C13H7BrCl2N2O2S. The third-order valence-corrected chi connectivity index (χ3v) is 5.36. The van der Waals surface area contributed by atoms with Crippen LogP contribution in [0.25, 0.3) is 0 Å². The Morgan fingerprint density at radius 2 is 1.86 bits per heavy atom. The van der Waals surface area contributed by atoms with Crippen molar-refractivity contribution in [2.45, 2.75) is 4.90 Å². The molecule has 0 unspecified atom stereocenters. The summed E-state index contributed by atoms with van der Waals surface area (Å²) in [6.07, 6.45) is 0. The van der Waals surface area contributed by atoms with E-state index in [1.54, 1.807) is 0 Å². The van der Waals surface area contributed by atoms with E-state index in [1.807, 2.05) is 6.07 Å². The average molecular weight is 406 g/mol. The highest BCUT2D eigenvalue weighted by molar-refractivity contribution is 9.10. The van der Waals surface area contributed by atoms with Crippen molar-refractivity contribution >= 4 is 54.8 Å². The molecule has 2 rings (SSSR count). The van der Waals surface area contributed by atoms with Crippen LogP contribution in [0.5, 0.6) is 0 Å². The Morgan fingerprint density at radius 1 is 1.14 bits per heavy atom. The van der Waals surface area contributed by atoms with Crippen LogP contribution in [0.4, 0.5) is 5.69 Å². The summed E-state index contributed by atoms with van der Waals surface area (Å²) in [7, 11) is -3.85. The van der Waals surface area contributed by atoms with E-state index in [1.165, 1.54) is 36.4 Å². The van der Waals surface area contributed by atoms with Gasteiger partial charge in [-0.2, -0.15) is 5.26 Å². The minimum atomic E-state index is -3.85. The van der Waals surface area contributed by atoms with Crippen LogP contribution in [-0.2, 0) is 10.0 Å². The highest BCUT2D eigenvalue weighted by Crippen LogP contribution is 2.28. The van der Waals surface area contributed by atoms with Gasteiger partial charge in [-0.15, -0.1) is 0 Å². The summed E-state index contributed by atoms with van der Waals surface area (Å²) in [4.78, 5) is 0.0163. The van der Waals surface area contributed by atoms with Gasteiger partial charge >= 0.3 is 0 Å². The summed E-state index contributed by atoms with van der Waals surface area (Å²) >= 11 is 14.8. The molecule has 0 aliphatic carbocycles. The zero-order chi connectivity index (χ0) is 15.6. The third kappa shape index (κ3) is 3.69. The van der Waals surface area contributed by atoms with Gasteiger partial charge in [0.2, 0.25) is 0 Å². The van der Waals surface area contributed by atoms with E-state index in [0.29, 0.717) is 14.5 Å². The van der Waals surface area contributed by atoms with Crippen molar-refractivity contribution in [1.29, 1.82) is 5.26 Å². The van der Waals surface area contributed by atoms with Crippen molar-refractivity contribution in [2.24, 2.45) is 0 Å². The number of benzene rings is 2. The van der Waals surface area contributed by atoms with E-state index in [2.05, 4.69) is 20.7 Å². The van der Waals surface area contributed by atoms with Gasteiger partial charge in [-0.3, -0.25) is 4.72 Å². The first-order valence-corrected chi connectivity index (χ1v) is 8.54. The van der Waals surface area contributed by atoms with E-state index in [-0.39, 0.29) is 16.1 Å². The summed E-state index contributed by atoms with van der Waals surface area (Å²) in [5, 5.41) is 9.73. The van der Waals surface area contributed by atoms with Crippen molar-refractivity contribution < 1.29 is 8.42 Å². The molecular weight excluding hydrogens is 399 g/mol. The van der Waals surface area contributed by atoms with Crippen LogP contribution in [0.3, 0.4) is 0 Å². The summed E-state index contributed by atoms with van der Waals surface area (Å²) in [5.74, 6) is 0. The van der Waals surface area contributed by atoms with Gasteiger partial charge in [-0.05, 0) is 52.3 Å². The number of halogens is 3. The van der Waals surface area contributed by atoms with Crippen LogP contribution in [0.1, 0.15) is 5.56 Å². The van der Waals surface area contributed by atoms with Gasteiger partial charge in [0.05, 0.1) is 21.2 Å². The quantitative estimate of drug-likeness (QED) is 0.820. The van der Waals surface area contributed by atoms with Crippen LogP contribution in [0.15, 0.2) is 45.8 Å².